The predicted octanol–water partition coefficient (Wildman–Crippen LogP) is 12.0. The maximum atomic E-state index is 2.52. The Morgan fingerprint density at radius 3 is 1.05 bits per heavy atom. The minimum absolute atomic E-state index is 0.00601. The zero-order valence-electron chi connectivity index (χ0n) is 30.0. The molecule has 3 heteroatoms. The standard InChI is InChI=1S/C52H33BN2/c1-4-14-34(15-5-1)43-32-50-52-51(33-43)55(45-22-8-3-9-23-45)49-31-42-27-38-19-13-11-17-36(38)25-40(42)29-47(49)53(52)46-28-39-24-35-16-10-12-18-37(35)26-41(39)30-48(46)54(50)44-20-6-2-7-21-44/h1-33H. The van der Waals surface area contributed by atoms with Crippen LogP contribution in [0.3, 0.4) is 0 Å². The molecule has 0 spiro atoms. The van der Waals surface area contributed by atoms with Gasteiger partial charge in [-0.3, -0.25) is 0 Å². The smallest absolute Gasteiger partial charge is 0.252 e. The van der Waals surface area contributed by atoms with E-state index in [-0.39, 0.29) is 6.71 Å². The Morgan fingerprint density at radius 2 is 0.636 bits per heavy atom. The van der Waals surface area contributed by atoms with Gasteiger partial charge in [0.2, 0.25) is 0 Å². The van der Waals surface area contributed by atoms with Crippen molar-refractivity contribution in [1.29, 1.82) is 0 Å². The molecule has 10 aromatic rings. The van der Waals surface area contributed by atoms with Crippen molar-refractivity contribution in [3.63, 3.8) is 0 Å². The SMILES string of the molecule is c1ccc(-c2cc3c4c(c2)N(c2ccccc2)c2cc5cc6ccccc6cc5cc2B4c2cc4cc5ccccc5cc4cc2N3c2ccccc2)cc1. The van der Waals surface area contributed by atoms with Gasteiger partial charge in [0, 0.05) is 34.1 Å². The summed E-state index contributed by atoms with van der Waals surface area (Å²) in [5, 5.41) is 10.0. The Hall–Kier alpha value is -7.10. The van der Waals surface area contributed by atoms with Gasteiger partial charge in [-0.25, -0.2) is 0 Å². The fourth-order valence-corrected chi connectivity index (χ4v) is 9.38. The van der Waals surface area contributed by atoms with Crippen LogP contribution in [0.25, 0.3) is 54.2 Å². The van der Waals surface area contributed by atoms with Crippen LogP contribution >= 0.6 is 0 Å². The zero-order valence-corrected chi connectivity index (χ0v) is 30.0. The molecule has 0 fully saturated rings. The highest BCUT2D eigenvalue weighted by Crippen LogP contribution is 2.47. The molecule has 2 nitrogen and oxygen atoms in total. The summed E-state index contributed by atoms with van der Waals surface area (Å²) in [7, 11) is 0. The van der Waals surface area contributed by atoms with Gasteiger partial charge in [-0.15, -0.1) is 0 Å². The van der Waals surface area contributed by atoms with E-state index in [2.05, 4.69) is 210 Å². The molecular weight excluding hydrogens is 663 g/mol. The second kappa shape index (κ2) is 11.7. The van der Waals surface area contributed by atoms with Crippen LogP contribution in [-0.2, 0) is 0 Å². The van der Waals surface area contributed by atoms with E-state index in [1.54, 1.807) is 0 Å². The van der Waals surface area contributed by atoms with Crippen molar-refractivity contribution in [3.8, 4) is 11.1 Å². The number of nitrogens with zero attached hydrogens (tertiary/aromatic N) is 2. The van der Waals surface area contributed by atoms with Crippen molar-refractivity contribution in [3.05, 3.63) is 200 Å². The van der Waals surface area contributed by atoms with E-state index in [1.807, 2.05) is 0 Å². The van der Waals surface area contributed by atoms with Crippen LogP contribution < -0.4 is 26.2 Å². The molecule has 0 atom stereocenters. The predicted molar refractivity (Wildman–Crippen MR) is 236 cm³/mol. The summed E-state index contributed by atoms with van der Waals surface area (Å²) >= 11 is 0. The maximum absolute atomic E-state index is 2.52. The summed E-state index contributed by atoms with van der Waals surface area (Å²) in [6.07, 6.45) is 0. The number of hydrogen-bond acceptors (Lipinski definition) is 2. The highest BCUT2D eigenvalue weighted by molar-refractivity contribution is 7.00. The molecule has 2 aliphatic heterocycles. The van der Waals surface area contributed by atoms with Gasteiger partial charge in [-0.1, -0.05) is 127 Å². The molecule has 0 amide bonds. The monoisotopic (exact) mass is 696 g/mol. The molecule has 0 saturated carbocycles. The summed E-state index contributed by atoms with van der Waals surface area (Å²) < 4.78 is 0. The number of hydrogen-bond donors (Lipinski definition) is 0. The molecule has 0 radical (unpaired) electrons. The molecule has 0 saturated heterocycles. The number of benzene rings is 10. The van der Waals surface area contributed by atoms with Gasteiger partial charge in [-0.2, -0.15) is 0 Å². The van der Waals surface area contributed by atoms with Crippen molar-refractivity contribution < 1.29 is 0 Å². The lowest BCUT2D eigenvalue weighted by molar-refractivity contribution is 1.26. The highest BCUT2D eigenvalue weighted by atomic mass is 15.2. The summed E-state index contributed by atoms with van der Waals surface area (Å²) in [6, 6.07) is 74.4. The van der Waals surface area contributed by atoms with E-state index in [4.69, 9.17) is 0 Å². The molecule has 254 valence electrons. The Bertz CT molecular complexity index is 2970. The molecule has 2 aliphatic rings. The summed E-state index contributed by atoms with van der Waals surface area (Å²) in [6.45, 7) is 0.00601. The first-order chi connectivity index (χ1) is 27.2. The third-order valence-corrected chi connectivity index (χ3v) is 11.8. The highest BCUT2D eigenvalue weighted by Gasteiger charge is 2.44. The number of para-hydroxylation sites is 2. The van der Waals surface area contributed by atoms with E-state index in [1.165, 1.54) is 93.4 Å². The third-order valence-electron chi connectivity index (χ3n) is 11.8. The normalized spacial score (nSPS) is 13.0. The first-order valence-corrected chi connectivity index (χ1v) is 19.1. The minimum Gasteiger partial charge on any atom is -0.311 e. The van der Waals surface area contributed by atoms with Crippen molar-refractivity contribution in [2.24, 2.45) is 0 Å². The fourth-order valence-electron chi connectivity index (χ4n) is 9.38. The van der Waals surface area contributed by atoms with Gasteiger partial charge in [-0.05, 0) is 143 Å². The molecule has 12 rings (SSSR count). The van der Waals surface area contributed by atoms with Gasteiger partial charge in [0.05, 0.1) is 0 Å². The molecule has 0 bridgehead atoms. The van der Waals surface area contributed by atoms with E-state index in [0.717, 1.165) is 11.4 Å². The third kappa shape index (κ3) is 4.63. The molecule has 2 heterocycles. The largest absolute Gasteiger partial charge is 0.311 e. The maximum Gasteiger partial charge on any atom is 0.252 e. The number of fused-ring (bicyclic) bond motifs is 8. The van der Waals surface area contributed by atoms with Gasteiger partial charge >= 0.3 is 0 Å². The van der Waals surface area contributed by atoms with Crippen LogP contribution in [0.1, 0.15) is 0 Å². The van der Waals surface area contributed by atoms with Crippen molar-refractivity contribution >= 4 is 100 Å². The molecule has 0 unspecified atom stereocenters. The fraction of sp³-hybridized carbons (Fsp3) is 0. The Kier molecular flexibility index (Phi) is 6.46. The van der Waals surface area contributed by atoms with Crippen LogP contribution in [0.4, 0.5) is 34.1 Å². The molecule has 0 N–H and O–H groups in total. The Balaban J connectivity index is 1.25. The van der Waals surface area contributed by atoms with E-state index < -0.39 is 0 Å². The second-order valence-corrected chi connectivity index (χ2v) is 15.0. The van der Waals surface area contributed by atoms with Crippen molar-refractivity contribution in [2.45, 2.75) is 0 Å². The molecule has 0 aliphatic carbocycles. The van der Waals surface area contributed by atoms with Crippen LogP contribution in [0.15, 0.2) is 200 Å². The second-order valence-electron chi connectivity index (χ2n) is 15.0. The van der Waals surface area contributed by atoms with Gasteiger partial charge in [0.25, 0.3) is 6.71 Å². The minimum atomic E-state index is 0.00601. The lowest BCUT2D eigenvalue weighted by Crippen LogP contribution is -2.61. The molecule has 55 heavy (non-hydrogen) atoms. The molecule has 0 aromatic heterocycles. The van der Waals surface area contributed by atoms with Crippen LogP contribution in [0, 0.1) is 0 Å². The van der Waals surface area contributed by atoms with E-state index >= 15 is 0 Å². The Labute approximate surface area is 320 Å². The lowest BCUT2D eigenvalue weighted by Gasteiger charge is -2.44. The van der Waals surface area contributed by atoms with E-state index in [0.29, 0.717) is 0 Å². The van der Waals surface area contributed by atoms with Crippen molar-refractivity contribution in [1.82, 2.24) is 0 Å². The van der Waals surface area contributed by atoms with Crippen molar-refractivity contribution in [2.75, 3.05) is 9.80 Å². The van der Waals surface area contributed by atoms with Gasteiger partial charge in [0.15, 0.2) is 0 Å². The summed E-state index contributed by atoms with van der Waals surface area (Å²) in [4.78, 5) is 5.04. The van der Waals surface area contributed by atoms with Crippen LogP contribution in [0.5, 0.6) is 0 Å². The first kappa shape index (κ1) is 30.4. The topological polar surface area (TPSA) is 6.48 Å². The zero-order chi connectivity index (χ0) is 36.0. The first-order valence-electron chi connectivity index (χ1n) is 19.1. The average molecular weight is 697 g/mol. The summed E-state index contributed by atoms with van der Waals surface area (Å²) in [5.74, 6) is 0. The average Bonchev–Trinajstić information content (AvgIpc) is 3.24. The Morgan fingerprint density at radius 1 is 0.273 bits per heavy atom. The van der Waals surface area contributed by atoms with Gasteiger partial charge < -0.3 is 9.80 Å². The lowest BCUT2D eigenvalue weighted by atomic mass is 9.33. The molecular formula is C52H33BN2. The summed E-state index contributed by atoms with van der Waals surface area (Å²) in [5.41, 5.74) is 13.5. The quantitative estimate of drug-likeness (QED) is 0.134. The van der Waals surface area contributed by atoms with E-state index in [9.17, 15) is 0 Å². The van der Waals surface area contributed by atoms with Gasteiger partial charge in [0.1, 0.15) is 0 Å². The van der Waals surface area contributed by atoms with Crippen LogP contribution in [-0.4, -0.2) is 6.71 Å². The number of rotatable bonds is 3. The number of anilines is 6. The van der Waals surface area contributed by atoms with Crippen LogP contribution in [0.2, 0.25) is 0 Å². The molecule has 10 aromatic carbocycles.